The average molecular weight is 385 g/mol. The third-order valence-corrected chi connectivity index (χ3v) is 4.84. The van der Waals surface area contributed by atoms with E-state index in [9.17, 15) is 26.0 Å². The lowest BCUT2D eigenvalue weighted by Crippen LogP contribution is -2.17. The van der Waals surface area contributed by atoms with E-state index < -0.39 is 32.5 Å². The zero-order valence-corrected chi connectivity index (χ0v) is 13.7. The minimum absolute atomic E-state index is 0.0583. The van der Waals surface area contributed by atoms with Crippen molar-refractivity contribution in [3.63, 3.8) is 0 Å². The van der Waals surface area contributed by atoms with Crippen molar-refractivity contribution in [2.45, 2.75) is 11.1 Å². The van der Waals surface area contributed by atoms with Gasteiger partial charge in [0.15, 0.2) is 0 Å². The van der Waals surface area contributed by atoms with Crippen LogP contribution >= 0.6 is 0 Å². The molecule has 0 aliphatic heterocycles. The number of nitrogens with zero attached hydrogens (tertiary/aromatic N) is 2. The maximum Gasteiger partial charge on any atom is 0.416 e. The van der Waals surface area contributed by atoms with Crippen LogP contribution in [0.2, 0.25) is 0 Å². The van der Waals surface area contributed by atoms with E-state index in [4.69, 9.17) is 0 Å². The van der Waals surface area contributed by atoms with Crippen molar-refractivity contribution in [2.24, 2.45) is 0 Å². The fourth-order valence-corrected chi connectivity index (χ4v) is 3.41. The number of benzene rings is 2. The Morgan fingerprint density at radius 3 is 2.38 bits per heavy atom. The number of hydrogen-bond acceptors (Lipinski definition) is 3. The zero-order chi connectivity index (χ0) is 18.9. The smallest absolute Gasteiger partial charge is 0.277 e. The van der Waals surface area contributed by atoms with Gasteiger partial charge in [-0.1, -0.05) is 12.1 Å². The van der Waals surface area contributed by atoms with Crippen molar-refractivity contribution < 1.29 is 26.0 Å². The minimum Gasteiger partial charge on any atom is -0.277 e. The molecule has 1 N–H and O–H groups in total. The van der Waals surface area contributed by atoms with E-state index in [2.05, 4.69) is 5.10 Å². The largest absolute Gasteiger partial charge is 0.416 e. The summed E-state index contributed by atoms with van der Waals surface area (Å²) in [4.78, 5) is -0.677. The molecule has 0 radical (unpaired) electrons. The third-order valence-electron chi connectivity index (χ3n) is 3.45. The number of alkyl halides is 3. The van der Waals surface area contributed by atoms with E-state index in [1.165, 1.54) is 35.3 Å². The molecule has 3 aromatic rings. The van der Waals surface area contributed by atoms with Crippen LogP contribution in [-0.2, 0) is 16.2 Å². The van der Waals surface area contributed by atoms with E-state index in [1.807, 2.05) is 4.72 Å². The normalized spacial score (nSPS) is 12.2. The predicted molar refractivity (Wildman–Crippen MR) is 85.8 cm³/mol. The molecule has 0 atom stereocenters. The molecule has 0 spiro atoms. The maximum absolute atomic E-state index is 13.8. The fraction of sp³-hybridized carbons (Fsp3) is 0.0625. The van der Waals surface area contributed by atoms with Crippen LogP contribution in [0.4, 0.5) is 23.2 Å². The van der Waals surface area contributed by atoms with Crippen LogP contribution in [0.15, 0.2) is 65.8 Å². The Balaban J connectivity index is 2.12. The Bertz CT molecular complexity index is 1030. The fourth-order valence-electron chi connectivity index (χ4n) is 2.27. The Kier molecular flexibility index (Phi) is 4.45. The molecule has 1 heterocycles. The van der Waals surface area contributed by atoms with Crippen LogP contribution in [-0.4, -0.2) is 18.2 Å². The first-order chi connectivity index (χ1) is 12.2. The average Bonchev–Trinajstić information content (AvgIpc) is 3.08. The second-order valence-corrected chi connectivity index (χ2v) is 6.87. The van der Waals surface area contributed by atoms with Gasteiger partial charge in [0.1, 0.15) is 10.7 Å². The molecule has 136 valence electrons. The Morgan fingerprint density at radius 1 is 1.04 bits per heavy atom. The third kappa shape index (κ3) is 3.54. The van der Waals surface area contributed by atoms with Crippen LogP contribution in [0, 0.1) is 5.82 Å². The summed E-state index contributed by atoms with van der Waals surface area (Å²) in [5.41, 5.74) is -1.38. The lowest BCUT2D eigenvalue weighted by molar-refractivity contribution is -0.137. The van der Waals surface area contributed by atoms with Gasteiger partial charge in [0.2, 0.25) is 0 Å². The summed E-state index contributed by atoms with van der Waals surface area (Å²) in [5, 5.41) is 3.89. The maximum atomic E-state index is 13.8. The zero-order valence-electron chi connectivity index (χ0n) is 12.9. The summed E-state index contributed by atoms with van der Waals surface area (Å²) in [6.45, 7) is 0. The number of rotatable bonds is 4. The van der Waals surface area contributed by atoms with Crippen molar-refractivity contribution in [1.82, 2.24) is 9.78 Å². The standard InChI is InChI=1S/C16H11F4N3O2S/c17-12-4-1-2-5-15(12)26(24,25)22-13-10-11(16(18,19)20)6-7-14(13)23-9-3-8-21-23/h1-10,22H. The quantitative estimate of drug-likeness (QED) is 0.695. The molecule has 3 rings (SSSR count). The molecule has 5 nitrogen and oxygen atoms in total. The van der Waals surface area contributed by atoms with Gasteiger partial charge < -0.3 is 0 Å². The van der Waals surface area contributed by atoms with Gasteiger partial charge in [-0.25, -0.2) is 17.5 Å². The number of hydrogen-bond donors (Lipinski definition) is 1. The van der Waals surface area contributed by atoms with Gasteiger partial charge in [0.25, 0.3) is 10.0 Å². The summed E-state index contributed by atoms with van der Waals surface area (Å²) in [7, 11) is -4.45. The molecular weight excluding hydrogens is 374 g/mol. The van der Waals surface area contributed by atoms with Gasteiger partial charge in [-0.05, 0) is 36.4 Å². The molecule has 2 aromatic carbocycles. The van der Waals surface area contributed by atoms with E-state index in [1.54, 1.807) is 0 Å². The molecule has 0 saturated carbocycles. The van der Waals surface area contributed by atoms with Gasteiger partial charge in [0.05, 0.1) is 16.9 Å². The summed E-state index contributed by atoms with van der Waals surface area (Å²) in [6.07, 6.45) is -1.86. The Hall–Kier alpha value is -2.88. The molecule has 0 bridgehead atoms. The number of halogens is 4. The molecule has 0 aliphatic rings. The first-order valence-corrected chi connectivity index (χ1v) is 8.65. The molecular formula is C16H11F4N3O2S. The highest BCUT2D eigenvalue weighted by Gasteiger charge is 2.32. The molecule has 26 heavy (non-hydrogen) atoms. The van der Waals surface area contributed by atoms with Crippen LogP contribution < -0.4 is 4.72 Å². The topological polar surface area (TPSA) is 64.0 Å². The van der Waals surface area contributed by atoms with Gasteiger partial charge in [-0.2, -0.15) is 18.3 Å². The van der Waals surface area contributed by atoms with Crippen molar-refractivity contribution in [3.05, 3.63) is 72.3 Å². The van der Waals surface area contributed by atoms with Crippen LogP contribution in [0.3, 0.4) is 0 Å². The van der Waals surface area contributed by atoms with Crippen LogP contribution in [0.25, 0.3) is 5.69 Å². The summed E-state index contributed by atoms with van der Waals surface area (Å²) in [6, 6.07) is 8.59. The lowest BCUT2D eigenvalue weighted by atomic mass is 10.1. The molecule has 0 amide bonds. The highest BCUT2D eigenvalue weighted by atomic mass is 32.2. The van der Waals surface area contributed by atoms with Crippen molar-refractivity contribution in [2.75, 3.05) is 4.72 Å². The van der Waals surface area contributed by atoms with Gasteiger partial charge in [0, 0.05) is 12.4 Å². The first kappa shape index (κ1) is 17.9. The van der Waals surface area contributed by atoms with Crippen molar-refractivity contribution >= 4 is 15.7 Å². The number of anilines is 1. The monoisotopic (exact) mass is 385 g/mol. The second-order valence-electron chi connectivity index (χ2n) is 5.22. The van der Waals surface area contributed by atoms with Gasteiger partial charge in [-0.15, -0.1) is 0 Å². The molecule has 0 saturated heterocycles. The van der Waals surface area contributed by atoms with Gasteiger partial charge >= 0.3 is 6.18 Å². The Morgan fingerprint density at radius 2 is 1.77 bits per heavy atom. The molecule has 0 fully saturated rings. The van der Waals surface area contributed by atoms with E-state index in [0.29, 0.717) is 6.07 Å². The predicted octanol–water partition coefficient (Wildman–Crippen LogP) is 3.83. The second kappa shape index (κ2) is 6.45. The van der Waals surface area contributed by atoms with Gasteiger partial charge in [-0.3, -0.25) is 4.72 Å². The summed E-state index contributed by atoms with van der Waals surface area (Å²) in [5.74, 6) is -1.02. The molecule has 10 heteroatoms. The summed E-state index contributed by atoms with van der Waals surface area (Å²) >= 11 is 0. The lowest BCUT2D eigenvalue weighted by Gasteiger charge is -2.16. The minimum atomic E-state index is -4.68. The molecule has 0 unspecified atom stereocenters. The van der Waals surface area contributed by atoms with Crippen molar-refractivity contribution in [1.29, 1.82) is 0 Å². The van der Waals surface area contributed by atoms with Crippen LogP contribution in [0.1, 0.15) is 5.56 Å². The van der Waals surface area contributed by atoms with E-state index >= 15 is 0 Å². The first-order valence-electron chi connectivity index (χ1n) is 7.17. The molecule has 1 aromatic heterocycles. The highest BCUT2D eigenvalue weighted by molar-refractivity contribution is 7.92. The number of nitrogens with one attached hydrogen (secondary N) is 1. The Labute approximate surface area is 145 Å². The van der Waals surface area contributed by atoms with Crippen molar-refractivity contribution in [3.8, 4) is 5.69 Å². The van der Waals surface area contributed by atoms with E-state index in [0.717, 1.165) is 24.3 Å². The van der Waals surface area contributed by atoms with Crippen LogP contribution in [0.5, 0.6) is 0 Å². The van der Waals surface area contributed by atoms with E-state index in [-0.39, 0.29) is 11.4 Å². The highest BCUT2D eigenvalue weighted by Crippen LogP contribution is 2.34. The number of aromatic nitrogens is 2. The number of sulfonamides is 1. The molecule has 0 aliphatic carbocycles. The SMILES string of the molecule is O=S(=O)(Nc1cc(C(F)(F)F)ccc1-n1cccn1)c1ccccc1F. The summed E-state index contributed by atoms with van der Waals surface area (Å²) < 4.78 is 80.9.